The smallest absolute Gasteiger partial charge is 0.391 e. The number of aryl methyl sites for hydroxylation is 1. The van der Waals surface area contributed by atoms with Crippen LogP contribution in [0.15, 0.2) is 30.3 Å². The van der Waals surface area contributed by atoms with Crippen molar-refractivity contribution in [2.24, 2.45) is 0 Å². The van der Waals surface area contributed by atoms with Crippen LogP contribution in [-0.4, -0.2) is 26.2 Å². The number of amides is 1. The molecular weight excluding hydrogens is 397 g/mol. The topological polar surface area (TPSA) is 56.1 Å². The molecule has 1 amide bonds. The fourth-order valence-corrected chi connectivity index (χ4v) is 2.32. The molecule has 0 aliphatic carbocycles. The molecule has 0 atom stereocenters. The first-order valence-corrected chi connectivity index (χ1v) is 9.35. The van der Waals surface area contributed by atoms with Gasteiger partial charge in [0.1, 0.15) is 0 Å². The summed E-state index contributed by atoms with van der Waals surface area (Å²) >= 11 is 16.9. The standard InChI is InChI=1S/C18H22Cl3N3O2/c1-5-17(3,4)14-10-15(26-16(25)22-11-18(19,20)21)24(23-14)13-8-6-12(2)7-9-13/h6-10H,5,11H2,1-4H3,(H,22,25). The van der Waals surface area contributed by atoms with Gasteiger partial charge in [0.25, 0.3) is 0 Å². The lowest BCUT2D eigenvalue weighted by Gasteiger charge is -2.19. The minimum absolute atomic E-state index is 0.164. The van der Waals surface area contributed by atoms with Crippen molar-refractivity contribution in [3.63, 3.8) is 0 Å². The van der Waals surface area contributed by atoms with Gasteiger partial charge in [0, 0.05) is 11.5 Å². The van der Waals surface area contributed by atoms with Gasteiger partial charge in [0.15, 0.2) is 0 Å². The predicted molar refractivity (Wildman–Crippen MR) is 106 cm³/mol. The highest BCUT2D eigenvalue weighted by Crippen LogP contribution is 2.30. The number of hydrogen-bond donors (Lipinski definition) is 1. The third-order valence-corrected chi connectivity index (χ3v) is 4.56. The summed E-state index contributed by atoms with van der Waals surface area (Å²) in [5, 5.41) is 7.07. The number of carbonyl (C=O) groups is 1. The Kier molecular flexibility index (Phi) is 6.48. The summed E-state index contributed by atoms with van der Waals surface area (Å²) in [4.78, 5) is 12.1. The van der Waals surface area contributed by atoms with E-state index in [1.54, 1.807) is 10.7 Å². The monoisotopic (exact) mass is 417 g/mol. The van der Waals surface area contributed by atoms with Gasteiger partial charge in [-0.05, 0) is 25.5 Å². The highest BCUT2D eigenvalue weighted by molar-refractivity contribution is 6.67. The largest absolute Gasteiger partial charge is 0.414 e. The maximum absolute atomic E-state index is 12.1. The summed E-state index contributed by atoms with van der Waals surface area (Å²) < 4.78 is 5.43. The second-order valence-electron chi connectivity index (χ2n) is 6.71. The Morgan fingerprint density at radius 1 is 1.23 bits per heavy atom. The zero-order valence-corrected chi connectivity index (χ0v) is 17.4. The molecule has 0 aliphatic rings. The van der Waals surface area contributed by atoms with Crippen LogP contribution in [0.3, 0.4) is 0 Å². The number of carbonyl (C=O) groups excluding carboxylic acids is 1. The quantitative estimate of drug-likeness (QED) is 0.668. The molecule has 0 saturated carbocycles. The number of rotatable bonds is 5. The van der Waals surface area contributed by atoms with E-state index < -0.39 is 9.89 Å². The van der Waals surface area contributed by atoms with E-state index in [0.717, 1.165) is 23.4 Å². The van der Waals surface area contributed by atoms with Crippen LogP contribution in [0.5, 0.6) is 5.88 Å². The molecule has 0 fully saturated rings. The molecule has 0 saturated heterocycles. The molecule has 0 bridgehead atoms. The highest BCUT2D eigenvalue weighted by atomic mass is 35.6. The Hall–Kier alpha value is -1.43. The van der Waals surface area contributed by atoms with Crippen LogP contribution in [0.25, 0.3) is 5.69 Å². The average molecular weight is 419 g/mol. The molecular formula is C18H22Cl3N3O2. The first kappa shape index (κ1) is 20.9. The van der Waals surface area contributed by atoms with Gasteiger partial charge in [-0.2, -0.15) is 5.10 Å². The molecule has 142 valence electrons. The van der Waals surface area contributed by atoms with Crippen molar-refractivity contribution in [3.8, 4) is 11.6 Å². The molecule has 5 nitrogen and oxygen atoms in total. The number of halogens is 3. The molecule has 26 heavy (non-hydrogen) atoms. The molecule has 0 spiro atoms. The Bertz CT molecular complexity index is 765. The molecule has 2 aromatic rings. The fraction of sp³-hybridized carbons (Fsp3) is 0.444. The number of nitrogens with zero attached hydrogens (tertiary/aromatic N) is 2. The molecule has 1 aromatic heterocycles. The first-order valence-electron chi connectivity index (χ1n) is 8.22. The van der Waals surface area contributed by atoms with Gasteiger partial charge >= 0.3 is 6.09 Å². The van der Waals surface area contributed by atoms with E-state index in [9.17, 15) is 4.79 Å². The van der Waals surface area contributed by atoms with Crippen molar-refractivity contribution >= 4 is 40.9 Å². The fourth-order valence-electron chi connectivity index (χ4n) is 2.12. The van der Waals surface area contributed by atoms with Crippen LogP contribution in [0.2, 0.25) is 0 Å². The minimum Gasteiger partial charge on any atom is -0.391 e. The molecule has 1 heterocycles. The van der Waals surface area contributed by atoms with E-state index in [4.69, 9.17) is 39.5 Å². The average Bonchev–Trinajstić information content (AvgIpc) is 2.97. The summed E-state index contributed by atoms with van der Waals surface area (Å²) in [5.74, 6) is 0.298. The Morgan fingerprint density at radius 2 is 1.85 bits per heavy atom. The van der Waals surface area contributed by atoms with Crippen LogP contribution in [0.1, 0.15) is 38.4 Å². The van der Waals surface area contributed by atoms with E-state index in [1.807, 2.05) is 31.2 Å². The normalized spacial score (nSPS) is 12.1. The molecule has 1 aromatic carbocycles. The maximum Gasteiger partial charge on any atom is 0.414 e. The van der Waals surface area contributed by atoms with Gasteiger partial charge in [0.2, 0.25) is 9.67 Å². The van der Waals surface area contributed by atoms with Gasteiger partial charge in [0.05, 0.1) is 17.9 Å². The highest BCUT2D eigenvalue weighted by Gasteiger charge is 2.26. The Balaban J connectivity index is 2.33. The van der Waals surface area contributed by atoms with Crippen LogP contribution in [0, 0.1) is 6.92 Å². The third kappa shape index (κ3) is 5.53. The number of ether oxygens (including phenoxy) is 1. The van der Waals surface area contributed by atoms with Crippen molar-refractivity contribution in [3.05, 3.63) is 41.6 Å². The van der Waals surface area contributed by atoms with E-state index in [2.05, 4.69) is 31.2 Å². The van der Waals surface area contributed by atoms with E-state index in [0.29, 0.717) is 5.88 Å². The van der Waals surface area contributed by atoms with Gasteiger partial charge < -0.3 is 10.1 Å². The van der Waals surface area contributed by atoms with Gasteiger partial charge in [-0.3, -0.25) is 0 Å². The van der Waals surface area contributed by atoms with Gasteiger partial charge in [-0.25, -0.2) is 9.48 Å². The van der Waals surface area contributed by atoms with Crippen LogP contribution < -0.4 is 10.1 Å². The minimum atomic E-state index is -1.59. The molecule has 0 radical (unpaired) electrons. The van der Waals surface area contributed by atoms with E-state index in [-0.39, 0.29) is 12.0 Å². The third-order valence-electron chi connectivity index (χ3n) is 4.16. The molecule has 0 aliphatic heterocycles. The second kappa shape index (κ2) is 8.07. The summed E-state index contributed by atoms with van der Waals surface area (Å²) in [5.41, 5.74) is 2.57. The molecule has 1 N–H and O–H groups in total. The number of aromatic nitrogens is 2. The number of hydrogen-bond acceptors (Lipinski definition) is 3. The van der Waals surface area contributed by atoms with Crippen molar-refractivity contribution in [1.82, 2.24) is 15.1 Å². The molecule has 8 heteroatoms. The van der Waals surface area contributed by atoms with E-state index >= 15 is 0 Å². The Morgan fingerprint density at radius 3 is 2.38 bits per heavy atom. The lowest BCUT2D eigenvalue weighted by molar-refractivity contribution is 0.197. The lowest BCUT2D eigenvalue weighted by Crippen LogP contribution is -2.34. The van der Waals surface area contributed by atoms with Crippen molar-refractivity contribution in [1.29, 1.82) is 0 Å². The summed E-state index contributed by atoms with van der Waals surface area (Å²) in [6.45, 7) is 8.09. The SMILES string of the molecule is CCC(C)(C)c1cc(OC(=O)NCC(Cl)(Cl)Cl)n(-c2ccc(C)cc2)n1. The van der Waals surface area contributed by atoms with E-state index in [1.165, 1.54) is 0 Å². The van der Waals surface area contributed by atoms with Crippen LogP contribution >= 0.6 is 34.8 Å². The second-order valence-corrected chi connectivity index (χ2v) is 9.23. The van der Waals surface area contributed by atoms with Crippen molar-refractivity contribution < 1.29 is 9.53 Å². The Labute approximate surface area is 168 Å². The number of alkyl halides is 3. The van der Waals surface area contributed by atoms with Crippen LogP contribution in [-0.2, 0) is 5.41 Å². The van der Waals surface area contributed by atoms with Crippen molar-refractivity contribution in [2.75, 3.05) is 6.54 Å². The van der Waals surface area contributed by atoms with Gasteiger partial charge in [-0.1, -0.05) is 73.3 Å². The zero-order chi connectivity index (χ0) is 19.5. The summed E-state index contributed by atoms with van der Waals surface area (Å²) in [6.07, 6.45) is 0.169. The van der Waals surface area contributed by atoms with Crippen LogP contribution in [0.4, 0.5) is 4.79 Å². The lowest BCUT2D eigenvalue weighted by atomic mass is 9.87. The van der Waals surface area contributed by atoms with Crippen molar-refractivity contribution in [2.45, 2.75) is 43.3 Å². The number of benzene rings is 1. The predicted octanol–water partition coefficient (Wildman–Crippen LogP) is 5.33. The molecule has 0 unspecified atom stereocenters. The first-order chi connectivity index (χ1) is 12.0. The molecule has 2 rings (SSSR count). The summed E-state index contributed by atoms with van der Waals surface area (Å²) in [6, 6.07) is 9.52. The maximum atomic E-state index is 12.1. The number of nitrogens with one attached hydrogen (secondary N) is 1. The van der Waals surface area contributed by atoms with Gasteiger partial charge in [-0.15, -0.1) is 0 Å². The zero-order valence-electron chi connectivity index (χ0n) is 15.1. The summed E-state index contributed by atoms with van der Waals surface area (Å²) in [7, 11) is 0.